The van der Waals surface area contributed by atoms with Crippen molar-refractivity contribution in [2.45, 2.75) is 57.5 Å². The summed E-state index contributed by atoms with van der Waals surface area (Å²) in [5.74, 6) is 0.442. The van der Waals surface area contributed by atoms with Crippen molar-refractivity contribution in [1.82, 2.24) is 4.90 Å². The van der Waals surface area contributed by atoms with Gasteiger partial charge in [0.05, 0.1) is 12.1 Å². The highest BCUT2D eigenvalue weighted by atomic mass is 15.2. The fourth-order valence-electron chi connectivity index (χ4n) is 6.05. The number of benzene rings is 2. The summed E-state index contributed by atoms with van der Waals surface area (Å²) < 4.78 is 0. The van der Waals surface area contributed by atoms with E-state index in [1.165, 1.54) is 22.3 Å². The minimum Gasteiger partial charge on any atom is -0.359 e. The lowest BCUT2D eigenvalue weighted by Gasteiger charge is -2.57. The topological polar surface area (TPSA) is 3.24 Å². The van der Waals surface area contributed by atoms with Gasteiger partial charge >= 0.3 is 0 Å². The van der Waals surface area contributed by atoms with Gasteiger partial charge in [0.1, 0.15) is 0 Å². The average molecular weight is 406 g/mol. The van der Waals surface area contributed by atoms with E-state index in [-0.39, 0.29) is 10.8 Å². The molecular formula is C30H31N. The zero-order valence-electron chi connectivity index (χ0n) is 19.0. The van der Waals surface area contributed by atoms with Crippen LogP contribution in [-0.4, -0.2) is 10.9 Å². The molecule has 1 heteroatoms. The zero-order chi connectivity index (χ0) is 21.4. The van der Waals surface area contributed by atoms with Crippen LogP contribution in [0.2, 0.25) is 0 Å². The number of rotatable bonds is 1. The quantitative estimate of drug-likeness (QED) is 0.450. The van der Waals surface area contributed by atoms with Gasteiger partial charge in [0, 0.05) is 17.5 Å². The Kier molecular flexibility index (Phi) is 3.88. The Bertz CT molecular complexity index is 1170. The smallest absolute Gasteiger partial charge is 0.0769 e. The van der Waals surface area contributed by atoms with Crippen LogP contribution >= 0.6 is 0 Å². The van der Waals surface area contributed by atoms with E-state index < -0.39 is 0 Å². The fourth-order valence-corrected chi connectivity index (χ4v) is 6.05. The SMILES string of the molecule is CC(C)(C)c1ccc(C2C=CC3=C(C2)C2c4ccccc4C=CN2C2C=CC32C)cc1. The van der Waals surface area contributed by atoms with Crippen molar-refractivity contribution in [3.63, 3.8) is 0 Å². The predicted molar refractivity (Wildman–Crippen MR) is 130 cm³/mol. The Morgan fingerprint density at radius 3 is 2.42 bits per heavy atom. The Hall–Kier alpha value is -2.80. The first kappa shape index (κ1) is 18.9. The predicted octanol–water partition coefficient (Wildman–Crippen LogP) is 7.31. The average Bonchev–Trinajstić information content (AvgIpc) is 2.76. The highest BCUT2D eigenvalue weighted by Crippen LogP contribution is 2.58. The maximum Gasteiger partial charge on any atom is 0.0769 e. The molecule has 0 amide bonds. The standard InChI is InChI=1S/C30H31N/c1-29(2,3)23-12-9-20(10-13-23)22-11-14-26-25(19-22)28-24-8-6-5-7-21(24)16-18-31(28)27-15-17-30(26,27)4/h5-18,22,27-28H,19H2,1-4H3. The summed E-state index contributed by atoms with van der Waals surface area (Å²) in [4.78, 5) is 2.61. The molecule has 1 nitrogen and oxygen atoms in total. The Morgan fingerprint density at radius 2 is 1.71 bits per heavy atom. The van der Waals surface area contributed by atoms with Crippen molar-refractivity contribution >= 4 is 6.08 Å². The lowest BCUT2D eigenvalue weighted by molar-refractivity contribution is 0.137. The van der Waals surface area contributed by atoms with Gasteiger partial charge in [0.25, 0.3) is 0 Å². The van der Waals surface area contributed by atoms with Crippen molar-refractivity contribution in [2.75, 3.05) is 0 Å². The second-order valence-electron chi connectivity index (χ2n) is 10.9. The summed E-state index contributed by atoms with van der Waals surface area (Å²) in [5.41, 5.74) is 9.12. The van der Waals surface area contributed by atoms with E-state index in [0.717, 1.165) is 6.42 Å². The molecular weight excluding hydrogens is 374 g/mol. The third-order valence-electron chi connectivity index (χ3n) is 7.97. The fraction of sp³-hybridized carbons (Fsp3) is 0.333. The van der Waals surface area contributed by atoms with Crippen LogP contribution < -0.4 is 0 Å². The molecule has 2 heterocycles. The first-order valence-corrected chi connectivity index (χ1v) is 11.6. The van der Waals surface area contributed by atoms with E-state index in [0.29, 0.717) is 18.0 Å². The Labute approximate surface area is 186 Å². The molecule has 0 N–H and O–H groups in total. The van der Waals surface area contributed by atoms with Crippen LogP contribution in [0.25, 0.3) is 6.08 Å². The normalized spacial score (nSPS) is 30.3. The summed E-state index contributed by atoms with van der Waals surface area (Å²) in [6.45, 7) is 9.27. The van der Waals surface area contributed by atoms with Crippen LogP contribution in [0.15, 0.2) is 90.2 Å². The van der Waals surface area contributed by atoms with Gasteiger partial charge in [-0.3, -0.25) is 0 Å². The molecule has 0 bridgehead atoms. The van der Waals surface area contributed by atoms with Crippen LogP contribution in [0.4, 0.5) is 0 Å². The molecule has 0 aromatic heterocycles. The highest BCUT2D eigenvalue weighted by Gasteiger charge is 2.51. The van der Waals surface area contributed by atoms with Crippen LogP contribution in [0.5, 0.6) is 0 Å². The van der Waals surface area contributed by atoms with E-state index in [1.807, 2.05) is 0 Å². The van der Waals surface area contributed by atoms with Gasteiger partial charge in [-0.15, -0.1) is 0 Å². The van der Waals surface area contributed by atoms with E-state index in [2.05, 4.69) is 118 Å². The molecule has 156 valence electrons. The van der Waals surface area contributed by atoms with Gasteiger partial charge < -0.3 is 4.90 Å². The largest absolute Gasteiger partial charge is 0.359 e. The van der Waals surface area contributed by atoms with Gasteiger partial charge in [0.15, 0.2) is 0 Å². The second kappa shape index (κ2) is 6.36. The van der Waals surface area contributed by atoms with Gasteiger partial charge in [0.2, 0.25) is 0 Å². The number of allylic oxidation sites excluding steroid dienone is 2. The molecule has 0 saturated heterocycles. The minimum absolute atomic E-state index is 0.125. The maximum atomic E-state index is 2.61. The van der Waals surface area contributed by atoms with Gasteiger partial charge in [-0.2, -0.15) is 0 Å². The maximum absolute atomic E-state index is 2.61. The zero-order valence-corrected chi connectivity index (χ0v) is 19.0. The lowest BCUT2D eigenvalue weighted by Crippen LogP contribution is -2.54. The highest BCUT2D eigenvalue weighted by molar-refractivity contribution is 5.63. The molecule has 31 heavy (non-hydrogen) atoms. The molecule has 2 aliphatic heterocycles. The lowest BCUT2D eigenvalue weighted by atomic mass is 9.59. The first-order chi connectivity index (χ1) is 14.9. The molecule has 4 unspecified atom stereocenters. The molecule has 4 atom stereocenters. The van der Waals surface area contributed by atoms with Gasteiger partial charge in [-0.05, 0) is 58.2 Å². The molecule has 2 aromatic rings. The van der Waals surface area contributed by atoms with E-state index in [9.17, 15) is 0 Å². The summed E-state index contributed by atoms with van der Waals surface area (Å²) in [7, 11) is 0. The van der Waals surface area contributed by atoms with E-state index >= 15 is 0 Å². The van der Waals surface area contributed by atoms with Crippen LogP contribution in [0.1, 0.15) is 68.3 Å². The Morgan fingerprint density at radius 1 is 0.935 bits per heavy atom. The third kappa shape index (κ3) is 2.69. The molecule has 0 fully saturated rings. The van der Waals surface area contributed by atoms with Crippen LogP contribution in [0, 0.1) is 5.41 Å². The summed E-state index contributed by atoms with van der Waals surface area (Å²) in [5, 5.41) is 0. The van der Waals surface area contributed by atoms with Crippen molar-refractivity contribution in [3.8, 4) is 0 Å². The van der Waals surface area contributed by atoms with Crippen molar-refractivity contribution in [2.24, 2.45) is 5.41 Å². The molecule has 6 rings (SSSR count). The molecule has 2 aromatic carbocycles. The molecule has 0 spiro atoms. The molecule has 2 aliphatic carbocycles. The number of hydrogen-bond acceptors (Lipinski definition) is 1. The molecule has 0 radical (unpaired) electrons. The van der Waals surface area contributed by atoms with E-state index in [4.69, 9.17) is 0 Å². The van der Waals surface area contributed by atoms with E-state index in [1.54, 1.807) is 11.1 Å². The first-order valence-electron chi connectivity index (χ1n) is 11.6. The summed E-state index contributed by atoms with van der Waals surface area (Å²) in [6.07, 6.45) is 15.5. The van der Waals surface area contributed by atoms with Crippen LogP contribution in [0.3, 0.4) is 0 Å². The summed E-state index contributed by atoms with van der Waals surface area (Å²) in [6, 6.07) is 19.1. The van der Waals surface area contributed by atoms with Crippen molar-refractivity contribution < 1.29 is 0 Å². The van der Waals surface area contributed by atoms with Crippen molar-refractivity contribution in [1.29, 1.82) is 0 Å². The molecule has 4 aliphatic rings. The minimum atomic E-state index is 0.125. The number of fused-ring (bicyclic) bond motifs is 7. The third-order valence-corrected chi connectivity index (χ3v) is 7.97. The van der Waals surface area contributed by atoms with Gasteiger partial charge in [-0.1, -0.05) is 93.6 Å². The van der Waals surface area contributed by atoms with Crippen LogP contribution in [-0.2, 0) is 5.41 Å². The number of hydrogen-bond donors (Lipinski definition) is 0. The molecule has 0 saturated carbocycles. The monoisotopic (exact) mass is 405 g/mol. The number of nitrogens with zero attached hydrogens (tertiary/aromatic N) is 1. The summed E-state index contributed by atoms with van der Waals surface area (Å²) >= 11 is 0. The van der Waals surface area contributed by atoms with Gasteiger partial charge in [-0.25, -0.2) is 0 Å². The second-order valence-corrected chi connectivity index (χ2v) is 10.9. The Balaban J connectivity index is 1.42. The van der Waals surface area contributed by atoms with Crippen molar-refractivity contribution in [3.05, 3.63) is 112 Å².